The van der Waals surface area contributed by atoms with E-state index in [1.807, 2.05) is 4.90 Å². The van der Waals surface area contributed by atoms with Crippen molar-refractivity contribution in [2.24, 2.45) is 0 Å². The number of carbonyl (C=O) groups is 2. The van der Waals surface area contributed by atoms with Crippen LogP contribution in [-0.2, 0) is 14.3 Å². The molecule has 1 heterocycles. The van der Waals surface area contributed by atoms with Crippen LogP contribution in [0.2, 0.25) is 0 Å². The number of likely N-dealkylation sites (N-methyl/N-ethyl adjacent to an activating group) is 1. The Labute approximate surface area is 115 Å². The van der Waals surface area contributed by atoms with E-state index in [1.54, 1.807) is 26.1 Å². The van der Waals surface area contributed by atoms with Gasteiger partial charge in [0.1, 0.15) is 0 Å². The summed E-state index contributed by atoms with van der Waals surface area (Å²) in [6, 6.07) is 0. The van der Waals surface area contributed by atoms with Gasteiger partial charge in [0, 0.05) is 47.4 Å². The van der Waals surface area contributed by atoms with E-state index in [4.69, 9.17) is 4.74 Å². The van der Waals surface area contributed by atoms with Crippen molar-refractivity contribution in [3.63, 3.8) is 0 Å². The average molecular weight is 271 g/mol. The van der Waals surface area contributed by atoms with Gasteiger partial charge in [-0.15, -0.1) is 0 Å². The van der Waals surface area contributed by atoms with Crippen LogP contribution in [0.15, 0.2) is 0 Å². The average Bonchev–Trinajstić information content (AvgIpc) is 2.61. The smallest absolute Gasteiger partial charge is 0.236 e. The number of methoxy groups -OCH3 is 1. The largest absolute Gasteiger partial charge is 0.384 e. The maximum Gasteiger partial charge on any atom is 0.236 e. The summed E-state index contributed by atoms with van der Waals surface area (Å²) in [4.78, 5) is 29.2. The number of hydrogen-bond donors (Lipinski definition) is 0. The Bertz CT molecular complexity index is 308. The van der Waals surface area contributed by atoms with Crippen molar-refractivity contribution < 1.29 is 14.3 Å². The fourth-order valence-corrected chi connectivity index (χ4v) is 2.06. The highest BCUT2D eigenvalue weighted by molar-refractivity contribution is 5.78. The zero-order valence-corrected chi connectivity index (χ0v) is 12.2. The lowest BCUT2D eigenvalue weighted by Gasteiger charge is -2.22. The summed E-state index contributed by atoms with van der Waals surface area (Å²) in [6.07, 6.45) is 1.35. The van der Waals surface area contributed by atoms with Crippen molar-refractivity contribution in [1.82, 2.24) is 14.7 Å². The van der Waals surface area contributed by atoms with Gasteiger partial charge in [0.05, 0.1) is 19.6 Å². The first-order valence-corrected chi connectivity index (χ1v) is 6.74. The molecule has 0 aromatic rings. The van der Waals surface area contributed by atoms with E-state index in [0.717, 1.165) is 26.1 Å². The minimum atomic E-state index is 0.110. The lowest BCUT2D eigenvalue weighted by molar-refractivity contribution is -0.132. The highest BCUT2D eigenvalue weighted by Crippen LogP contribution is 2.05. The first-order valence-electron chi connectivity index (χ1n) is 6.74. The van der Waals surface area contributed by atoms with E-state index in [1.165, 1.54) is 0 Å². The zero-order valence-electron chi connectivity index (χ0n) is 12.2. The Hall–Kier alpha value is -1.14. The lowest BCUT2D eigenvalue weighted by atomic mass is 10.3. The molecule has 0 unspecified atom stereocenters. The summed E-state index contributed by atoms with van der Waals surface area (Å²) < 4.78 is 4.93. The SMILES string of the molecule is COCCC(=O)N1CCCN(CC(=O)N(C)C)CC1. The summed E-state index contributed by atoms with van der Waals surface area (Å²) in [7, 11) is 5.13. The molecule has 0 spiro atoms. The molecule has 0 saturated carbocycles. The van der Waals surface area contributed by atoms with Gasteiger partial charge in [-0.2, -0.15) is 0 Å². The second-order valence-corrected chi connectivity index (χ2v) is 5.04. The Kier molecular flexibility index (Phi) is 6.80. The fraction of sp³-hybridized carbons (Fsp3) is 0.846. The van der Waals surface area contributed by atoms with E-state index < -0.39 is 0 Å². The number of nitrogens with zero attached hydrogens (tertiary/aromatic N) is 3. The quantitative estimate of drug-likeness (QED) is 0.685. The van der Waals surface area contributed by atoms with Gasteiger partial charge >= 0.3 is 0 Å². The minimum absolute atomic E-state index is 0.110. The number of rotatable bonds is 5. The third kappa shape index (κ3) is 5.57. The minimum Gasteiger partial charge on any atom is -0.384 e. The molecule has 1 saturated heterocycles. The van der Waals surface area contributed by atoms with Crippen LogP contribution in [0.1, 0.15) is 12.8 Å². The van der Waals surface area contributed by atoms with Gasteiger partial charge in [-0.1, -0.05) is 0 Å². The molecular weight excluding hydrogens is 246 g/mol. The zero-order chi connectivity index (χ0) is 14.3. The summed E-state index contributed by atoms with van der Waals surface area (Å²) >= 11 is 0. The van der Waals surface area contributed by atoms with Crippen molar-refractivity contribution in [3.05, 3.63) is 0 Å². The van der Waals surface area contributed by atoms with Crippen LogP contribution in [0.25, 0.3) is 0 Å². The van der Waals surface area contributed by atoms with Crippen LogP contribution in [-0.4, -0.2) is 87.0 Å². The molecule has 1 aliphatic heterocycles. The van der Waals surface area contributed by atoms with Crippen molar-refractivity contribution in [3.8, 4) is 0 Å². The van der Waals surface area contributed by atoms with Gasteiger partial charge < -0.3 is 14.5 Å². The molecule has 0 aromatic carbocycles. The topological polar surface area (TPSA) is 53.1 Å². The number of carbonyl (C=O) groups excluding carboxylic acids is 2. The Morgan fingerprint density at radius 1 is 1.16 bits per heavy atom. The van der Waals surface area contributed by atoms with E-state index in [0.29, 0.717) is 26.1 Å². The van der Waals surface area contributed by atoms with E-state index in [9.17, 15) is 9.59 Å². The van der Waals surface area contributed by atoms with E-state index in [2.05, 4.69) is 4.90 Å². The van der Waals surface area contributed by atoms with Crippen LogP contribution in [0.5, 0.6) is 0 Å². The molecule has 0 N–H and O–H groups in total. The van der Waals surface area contributed by atoms with Gasteiger partial charge in [-0.3, -0.25) is 14.5 Å². The predicted molar refractivity (Wildman–Crippen MR) is 72.8 cm³/mol. The lowest BCUT2D eigenvalue weighted by Crippen LogP contribution is -2.39. The van der Waals surface area contributed by atoms with Crippen molar-refractivity contribution >= 4 is 11.8 Å². The van der Waals surface area contributed by atoms with Crippen LogP contribution < -0.4 is 0 Å². The molecule has 0 aliphatic carbocycles. The molecule has 1 fully saturated rings. The van der Waals surface area contributed by atoms with Crippen molar-refractivity contribution in [2.75, 3.05) is 60.5 Å². The van der Waals surface area contributed by atoms with E-state index >= 15 is 0 Å². The van der Waals surface area contributed by atoms with Gasteiger partial charge in [-0.05, 0) is 6.42 Å². The number of amides is 2. The molecule has 0 radical (unpaired) electrons. The van der Waals surface area contributed by atoms with Crippen LogP contribution in [0.3, 0.4) is 0 Å². The van der Waals surface area contributed by atoms with Gasteiger partial charge in [0.2, 0.25) is 11.8 Å². The van der Waals surface area contributed by atoms with Crippen molar-refractivity contribution in [1.29, 1.82) is 0 Å². The molecular formula is C13H25N3O3. The van der Waals surface area contributed by atoms with Crippen molar-refractivity contribution in [2.45, 2.75) is 12.8 Å². The molecule has 110 valence electrons. The monoisotopic (exact) mass is 271 g/mol. The molecule has 2 amide bonds. The molecule has 1 aliphatic rings. The third-order valence-corrected chi connectivity index (χ3v) is 3.32. The van der Waals surface area contributed by atoms with Crippen LogP contribution in [0.4, 0.5) is 0 Å². The first kappa shape index (κ1) is 15.9. The van der Waals surface area contributed by atoms with Gasteiger partial charge in [0.25, 0.3) is 0 Å². The Balaban J connectivity index is 2.38. The number of ether oxygens (including phenoxy) is 1. The molecule has 0 aromatic heterocycles. The summed E-state index contributed by atoms with van der Waals surface area (Å²) in [5, 5.41) is 0. The van der Waals surface area contributed by atoms with Crippen LogP contribution >= 0.6 is 0 Å². The first-order chi connectivity index (χ1) is 9.04. The highest BCUT2D eigenvalue weighted by Gasteiger charge is 2.20. The normalized spacial score (nSPS) is 17.1. The maximum atomic E-state index is 11.9. The molecule has 6 heteroatoms. The highest BCUT2D eigenvalue weighted by atomic mass is 16.5. The summed E-state index contributed by atoms with van der Waals surface area (Å²) in [5.41, 5.74) is 0. The predicted octanol–water partition coefficient (Wildman–Crippen LogP) is -0.355. The molecule has 6 nitrogen and oxygen atoms in total. The van der Waals surface area contributed by atoms with E-state index in [-0.39, 0.29) is 11.8 Å². The molecule has 0 atom stereocenters. The maximum absolute atomic E-state index is 11.9. The van der Waals surface area contributed by atoms with Crippen LogP contribution in [0, 0.1) is 0 Å². The summed E-state index contributed by atoms with van der Waals surface area (Å²) in [5.74, 6) is 0.252. The summed E-state index contributed by atoms with van der Waals surface area (Å²) in [6.45, 7) is 4.01. The molecule has 1 rings (SSSR count). The Morgan fingerprint density at radius 3 is 2.53 bits per heavy atom. The second kappa shape index (κ2) is 8.12. The molecule has 19 heavy (non-hydrogen) atoms. The molecule has 0 bridgehead atoms. The number of hydrogen-bond acceptors (Lipinski definition) is 4. The Morgan fingerprint density at radius 2 is 1.89 bits per heavy atom. The van der Waals surface area contributed by atoms with Gasteiger partial charge in [-0.25, -0.2) is 0 Å². The third-order valence-electron chi connectivity index (χ3n) is 3.32. The van der Waals surface area contributed by atoms with Gasteiger partial charge in [0.15, 0.2) is 0 Å². The second-order valence-electron chi connectivity index (χ2n) is 5.04. The standard InChI is InChI=1S/C13H25N3O3/c1-14(2)13(18)11-15-6-4-7-16(9-8-15)12(17)5-10-19-3/h4-11H2,1-3H3. The fourth-order valence-electron chi connectivity index (χ4n) is 2.06.